The number of carbonyl (C=O) groups excluding carboxylic acids is 1. The number of nitrogens with zero attached hydrogens (tertiary/aromatic N) is 2. The molecule has 98 valence electrons. The zero-order valence-corrected chi connectivity index (χ0v) is 11.1. The van der Waals surface area contributed by atoms with Gasteiger partial charge in [-0.3, -0.25) is 9.97 Å². The molecule has 0 saturated carbocycles. The fourth-order valence-corrected chi connectivity index (χ4v) is 1.85. The van der Waals surface area contributed by atoms with Gasteiger partial charge in [-0.15, -0.1) is 0 Å². The highest BCUT2D eigenvalue weighted by Gasteiger charge is 2.13. The Balaban J connectivity index is 2.39. The Bertz CT molecular complexity index is 568. The van der Waals surface area contributed by atoms with E-state index < -0.39 is 0 Å². The Kier molecular flexibility index (Phi) is 4.23. The lowest BCUT2D eigenvalue weighted by Crippen LogP contribution is -2.09. The molecule has 0 amide bonds. The van der Waals surface area contributed by atoms with Gasteiger partial charge in [0.05, 0.1) is 23.6 Å². The van der Waals surface area contributed by atoms with Crippen LogP contribution in [0, 0.1) is 0 Å². The monoisotopic (exact) mass is 256 g/mol. The smallest absolute Gasteiger partial charge is 0.339 e. The molecule has 0 aliphatic heterocycles. The summed E-state index contributed by atoms with van der Waals surface area (Å²) < 4.78 is 5.03. The van der Waals surface area contributed by atoms with Crippen LogP contribution in [0.4, 0.5) is 0 Å². The lowest BCUT2D eigenvalue weighted by atomic mass is 10.1. The minimum Gasteiger partial charge on any atom is -0.462 e. The van der Waals surface area contributed by atoms with Gasteiger partial charge in [0.2, 0.25) is 0 Å². The van der Waals surface area contributed by atoms with Crippen molar-refractivity contribution in [3.05, 3.63) is 47.9 Å². The van der Waals surface area contributed by atoms with Crippen molar-refractivity contribution in [3.63, 3.8) is 0 Å². The molecule has 4 nitrogen and oxygen atoms in total. The maximum atomic E-state index is 11.8. The van der Waals surface area contributed by atoms with Gasteiger partial charge in [0.25, 0.3) is 0 Å². The van der Waals surface area contributed by atoms with Crippen molar-refractivity contribution in [2.24, 2.45) is 0 Å². The number of rotatable bonds is 4. The SMILES string of the molecule is CCOC(=O)c1ccc(-c2ccncc2)nc1CC. The number of carbonyl (C=O) groups is 1. The molecule has 4 heteroatoms. The highest BCUT2D eigenvalue weighted by molar-refractivity contribution is 5.91. The fourth-order valence-electron chi connectivity index (χ4n) is 1.85. The van der Waals surface area contributed by atoms with Gasteiger partial charge >= 0.3 is 5.97 Å². The van der Waals surface area contributed by atoms with Crippen molar-refractivity contribution in [2.75, 3.05) is 6.61 Å². The Morgan fingerprint density at radius 1 is 1.16 bits per heavy atom. The largest absolute Gasteiger partial charge is 0.462 e. The molecule has 2 rings (SSSR count). The van der Waals surface area contributed by atoms with E-state index >= 15 is 0 Å². The van der Waals surface area contributed by atoms with Crippen molar-refractivity contribution < 1.29 is 9.53 Å². The van der Waals surface area contributed by atoms with Crippen molar-refractivity contribution in [3.8, 4) is 11.3 Å². The molecule has 0 aliphatic rings. The standard InChI is InChI=1S/C15H16N2O2/c1-3-13-12(15(18)19-4-2)5-6-14(17-13)11-7-9-16-10-8-11/h5-10H,3-4H2,1-2H3. The molecule has 0 fully saturated rings. The van der Waals surface area contributed by atoms with Crippen LogP contribution in [-0.4, -0.2) is 22.5 Å². The van der Waals surface area contributed by atoms with Crippen molar-refractivity contribution >= 4 is 5.97 Å². The van der Waals surface area contributed by atoms with Crippen molar-refractivity contribution in [1.29, 1.82) is 0 Å². The van der Waals surface area contributed by atoms with Crippen LogP contribution in [0.25, 0.3) is 11.3 Å². The first-order chi connectivity index (χ1) is 9.26. The molecule has 0 aliphatic carbocycles. The average molecular weight is 256 g/mol. The summed E-state index contributed by atoms with van der Waals surface area (Å²) in [7, 11) is 0. The lowest BCUT2D eigenvalue weighted by Gasteiger charge is -2.08. The second-order valence-electron chi connectivity index (χ2n) is 4.00. The van der Waals surface area contributed by atoms with E-state index in [1.54, 1.807) is 25.4 Å². The van der Waals surface area contributed by atoms with E-state index in [0.717, 1.165) is 17.0 Å². The van der Waals surface area contributed by atoms with E-state index in [0.29, 0.717) is 18.6 Å². The molecule has 0 spiro atoms. The molecule has 0 saturated heterocycles. The van der Waals surface area contributed by atoms with Crippen molar-refractivity contribution in [1.82, 2.24) is 9.97 Å². The molecule has 2 aromatic rings. The third-order valence-corrected chi connectivity index (χ3v) is 2.78. The third-order valence-electron chi connectivity index (χ3n) is 2.78. The van der Waals surface area contributed by atoms with Crippen LogP contribution in [0.5, 0.6) is 0 Å². The molecule has 0 bridgehead atoms. The van der Waals surface area contributed by atoms with Gasteiger partial charge in [-0.1, -0.05) is 6.92 Å². The number of aromatic nitrogens is 2. The highest BCUT2D eigenvalue weighted by atomic mass is 16.5. The Morgan fingerprint density at radius 2 is 1.89 bits per heavy atom. The van der Waals surface area contributed by atoms with Gasteiger partial charge in [-0.25, -0.2) is 4.79 Å². The number of hydrogen-bond donors (Lipinski definition) is 0. The number of hydrogen-bond acceptors (Lipinski definition) is 4. The zero-order chi connectivity index (χ0) is 13.7. The van der Waals surface area contributed by atoms with Gasteiger partial charge in [0.15, 0.2) is 0 Å². The molecular formula is C15H16N2O2. The summed E-state index contributed by atoms with van der Waals surface area (Å²) in [5.74, 6) is -0.312. The molecule has 2 heterocycles. The summed E-state index contributed by atoms with van der Waals surface area (Å²) in [6.45, 7) is 4.14. The molecule has 0 radical (unpaired) electrons. The summed E-state index contributed by atoms with van der Waals surface area (Å²) in [6.07, 6.45) is 4.14. The van der Waals surface area contributed by atoms with Crippen LogP contribution in [0.3, 0.4) is 0 Å². The van der Waals surface area contributed by atoms with E-state index in [2.05, 4.69) is 9.97 Å². The quantitative estimate of drug-likeness (QED) is 0.789. The Morgan fingerprint density at radius 3 is 2.53 bits per heavy atom. The number of ether oxygens (including phenoxy) is 1. The van der Waals surface area contributed by atoms with Crippen LogP contribution >= 0.6 is 0 Å². The zero-order valence-electron chi connectivity index (χ0n) is 11.1. The normalized spacial score (nSPS) is 10.2. The van der Waals surface area contributed by atoms with Gasteiger partial charge in [-0.05, 0) is 37.6 Å². The van der Waals surface area contributed by atoms with Gasteiger partial charge < -0.3 is 4.74 Å². The van der Waals surface area contributed by atoms with Gasteiger partial charge in [0.1, 0.15) is 0 Å². The second-order valence-corrected chi connectivity index (χ2v) is 4.00. The molecular weight excluding hydrogens is 240 g/mol. The fraction of sp³-hybridized carbons (Fsp3) is 0.267. The maximum Gasteiger partial charge on any atom is 0.339 e. The molecule has 0 N–H and O–H groups in total. The highest BCUT2D eigenvalue weighted by Crippen LogP contribution is 2.19. The van der Waals surface area contributed by atoms with Crippen LogP contribution in [0.15, 0.2) is 36.7 Å². The lowest BCUT2D eigenvalue weighted by molar-refractivity contribution is 0.0524. The topological polar surface area (TPSA) is 52.1 Å². The molecule has 2 aromatic heterocycles. The first-order valence-electron chi connectivity index (χ1n) is 6.33. The Labute approximate surface area is 112 Å². The summed E-state index contributed by atoms with van der Waals surface area (Å²) in [5.41, 5.74) is 3.13. The maximum absolute atomic E-state index is 11.8. The second kappa shape index (κ2) is 6.09. The van der Waals surface area contributed by atoms with Crippen LogP contribution in [0.1, 0.15) is 29.9 Å². The van der Waals surface area contributed by atoms with E-state index in [4.69, 9.17) is 4.74 Å². The summed E-state index contributed by atoms with van der Waals surface area (Å²) in [6, 6.07) is 7.40. The predicted molar refractivity (Wildman–Crippen MR) is 72.8 cm³/mol. The number of esters is 1. The minimum absolute atomic E-state index is 0.312. The predicted octanol–water partition coefficient (Wildman–Crippen LogP) is 2.88. The van der Waals surface area contributed by atoms with Crippen molar-refractivity contribution in [2.45, 2.75) is 20.3 Å². The van der Waals surface area contributed by atoms with Gasteiger partial charge in [-0.2, -0.15) is 0 Å². The molecule has 19 heavy (non-hydrogen) atoms. The molecule has 0 unspecified atom stereocenters. The van der Waals surface area contributed by atoms with Crippen LogP contribution in [0.2, 0.25) is 0 Å². The van der Waals surface area contributed by atoms with E-state index in [1.165, 1.54) is 0 Å². The Hall–Kier alpha value is -2.23. The van der Waals surface area contributed by atoms with E-state index in [-0.39, 0.29) is 5.97 Å². The number of pyridine rings is 2. The summed E-state index contributed by atoms with van der Waals surface area (Å²) in [4.78, 5) is 20.3. The van der Waals surface area contributed by atoms with Crippen LogP contribution in [-0.2, 0) is 11.2 Å². The minimum atomic E-state index is -0.312. The van der Waals surface area contributed by atoms with E-state index in [1.807, 2.05) is 25.1 Å². The third kappa shape index (κ3) is 2.96. The van der Waals surface area contributed by atoms with E-state index in [9.17, 15) is 4.79 Å². The molecule has 0 aromatic carbocycles. The van der Waals surface area contributed by atoms with Crippen LogP contribution < -0.4 is 0 Å². The summed E-state index contributed by atoms with van der Waals surface area (Å²) in [5, 5.41) is 0. The van der Waals surface area contributed by atoms with Gasteiger partial charge in [0, 0.05) is 18.0 Å². The summed E-state index contributed by atoms with van der Waals surface area (Å²) >= 11 is 0. The first-order valence-corrected chi connectivity index (χ1v) is 6.33. The first kappa shape index (κ1) is 13.2. The average Bonchev–Trinajstić information content (AvgIpc) is 2.47. The molecule has 0 atom stereocenters. The number of aryl methyl sites for hydroxylation is 1.